The highest BCUT2D eigenvalue weighted by atomic mass is 35.5. The summed E-state index contributed by atoms with van der Waals surface area (Å²) in [7, 11) is -1.59. The maximum Gasteiger partial charge on any atom is 0.332 e. The van der Waals surface area contributed by atoms with Crippen LogP contribution in [0.1, 0.15) is 0 Å². The Kier molecular flexibility index (Phi) is 13.5. The Morgan fingerprint density at radius 3 is 1.76 bits per heavy atom. The summed E-state index contributed by atoms with van der Waals surface area (Å²) in [5.74, 6) is 0.537. The van der Waals surface area contributed by atoms with Gasteiger partial charge in [-0.3, -0.25) is 0 Å². The zero-order valence-corrected chi connectivity index (χ0v) is 12.9. The fraction of sp³-hybridized carbons (Fsp3) is 1.00. The molecule has 0 bridgehead atoms. The van der Waals surface area contributed by atoms with Crippen molar-refractivity contribution in [2.45, 2.75) is 10.8 Å². The van der Waals surface area contributed by atoms with Gasteiger partial charge in [-0.2, -0.15) is 0 Å². The molecule has 0 aliphatic rings. The van der Waals surface area contributed by atoms with Crippen LogP contribution in [0.5, 0.6) is 0 Å². The second-order valence-corrected chi connectivity index (χ2v) is 5.95. The van der Waals surface area contributed by atoms with E-state index in [0.29, 0.717) is 0 Å². The molecule has 2 unspecified atom stereocenters. The Balaban J connectivity index is 3.86. The van der Waals surface area contributed by atoms with Crippen LogP contribution in [-0.4, -0.2) is 54.0 Å². The minimum atomic E-state index is -1.59. The molecule has 2 atom stereocenters. The Morgan fingerprint density at radius 2 is 1.41 bits per heavy atom. The molecular weight excluding hydrogens is 333 g/mol. The zero-order valence-electron chi connectivity index (χ0n) is 9.03. The molecule has 0 heterocycles. The Morgan fingerprint density at radius 1 is 0.941 bits per heavy atom. The van der Waals surface area contributed by atoms with Crippen molar-refractivity contribution in [1.82, 2.24) is 0 Å². The van der Waals surface area contributed by atoms with E-state index in [2.05, 4.69) is 0 Å². The van der Waals surface area contributed by atoms with Crippen LogP contribution in [0.4, 0.5) is 0 Å². The summed E-state index contributed by atoms with van der Waals surface area (Å²) in [4.78, 5) is 0. The summed E-state index contributed by atoms with van der Waals surface area (Å²) in [5.41, 5.74) is 0. The molecule has 0 spiro atoms. The number of hydrogen-bond donors (Lipinski definition) is 1. The van der Waals surface area contributed by atoms with Gasteiger partial charge in [0, 0.05) is 11.8 Å². The fourth-order valence-electron chi connectivity index (χ4n) is 0.600. The molecular formula is C8H15Cl4O4P. The van der Waals surface area contributed by atoms with Crippen molar-refractivity contribution in [1.29, 1.82) is 0 Å². The topological polar surface area (TPSA) is 47.9 Å². The first-order valence-electron chi connectivity index (χ1n) is 4.83. The van der Waals surface area contributed by atoms with Gasteiger partial charge in [0.15, 0.2) is 0 Å². The molecule has 0 aromatic carbocycles. The predicted octanol–water partition coefficient (Wildman–Crippen LogP) is 2.95. The summed E-state index contributed by atoms with van der Waals surface area (Å²) in [6, 6.07) is 0. The maximum absolute atomic E-state index is 8.64. The van der Waals surface area contributed by atoms with E-state index in [0.717, 1.165) is 0 Å². The van der Waals surface area contributed by atoms with E-state index in [1.165, 1.54) is 0 Å². The first kappa shape index (κ1) is 18.4. The Bertz CT molecular complexity index is 166. The van der Waals surface area contributed by atoms with E-state index in [1.807, 2.05) is 0 Å². The van der Waals surface area contributed by atoms with Crippen LogP contribution in [0.3, 0.4) is 0 Å². The van der Waals surface area contributed by atoms with Crippen LogP contribution in [-0.2, 0) is 13.6 Å². The van der Waals surface area contributed by atoms with Crippen molar-refractivity contribution in [3.05, 3.63) is 0 Å². The van der Waals surface area contributed by atoms with Crippen molar-refractivity contribution < 1.29 is 18.7 Å². The van der Waals surface area contributed by atoms with Crippen molar-refractivity contribution >= 4 is 55.0 Å². The molecule has 4 nitrogen and oxygen atoms in total. The molecule has 0 aliphatic carbocycles. The van der Waals surface area contributed by atoms with E-state index in [4.69, 9.17) is 65.1 Å². The van der Waals surface area contributed by atoms with Gasteiger partial charge in [0.05, 0.1) is 37.2 Å². The van der Waals surface area contributed by atoms with Gasteiger partial charge in [-0.05, 0) is 0 Å². The lowest BCUT2D eigenvalue weighted by atomic mass is 10.5. The second kappa shape index (κ2) is 12.5. The molecule has 0 aliphatic heterocycles. The molecule has 0 saturated heterocycles. The predicted molar refractivity (Wildman–Crippen MR) is 72.6 cm³/mol. The van der Waals surface area contributed by atoms with Crippen molar-refractivity contribution in [3.8, 4) is 0 Å². The third-order valence-electron chi connectivity index (χ3n) is 1.34. The standard InChI is InChI=1S/C8H15Cl4O4P/c9-3-7(11)5-15-17(14-2-1-13)16-6-8(12)4-10/h7-8,13H,1-6H2. The van der Waals surface area contributed by atoms with Gasteiger partial charge in [-0.15, -0.1) is 46.4 Å². The lowest BCUT2D eigenvalue weighted by Crippen LogP contribution is -2.13. The van der Waals surface area contributed by atoms with Crippen molar-refractivity contribution in [2.75, 3.05) is 38.2 Å². The molecule has 0 aromatic rings. The van der Waals surface area contributed by atoms with E-state index in [1.54, 1.807) is 0 Å². The third-order valence-corrected chi connectivity index (χ3v) is 4.08. The van der Waals surface area contributed by atoms with E-state index < -0.39 is 8.60 Å². The van der Waals surface area contributed by atoms with Crippen molar-refractivity contribution in [2.24, 2.45) is 0 Å². The molecule has 0 fully saturated rings. The van der Waals surface area contributed by atoms with Gasteiger partial charge in [0.25, 0.3) is 0 Å². The molecule has 9 heteroatoms. The minimum absolute atomic E-state index is 0.118. The average Bonchev–Trinajstić information content (AvgIpc) is 2.36. The van der Waals surface area contributed by atoms with Crippen LogP contribution >= 0.6 is 55.0 Å². The van der Waals surface area contributed by atoms with Crippen LogP contribution in [0.2, 0.25) is 0 Å². The summed E-state index contributed by atoms with van der Waals surface area (Å²) in [5, 5.41) is 8.01. The van der Waals surface area contributed by atoms with Gasteiger partial charge >= 0.3 is 8.60 Å². The average molecular weight is 348 g/mol. The quantitative estimate of drug-likeness (QED) is 0.461. The smallest absolute Gasteiger partial charge is 0.332 e. The Labute approximate surface area is 122 Å². The molecule has 0 rings (SSSR count). The van der Waals surface area contributed by atoms with Crippen molar-refractivity contribution in [3.63, 3.8) is 0 Å². The van der Waals surface area contributed by atoms with Gasteiger partial charge in [-0.1, -0.05) is 0 Å². The highest BCUT2D eigenvalue weighted by molar-refractivity contribution is 7.41. The number of hydrogen-bond acceptors (Lipinski definition) is 4. The SMILES string of the molecule is OCCOP(OCC(Cl)CCl)OCC(Cl)CCl. The van der Waals surface area contributed by atoms with Crippen LogP contribution < -0.4 is 0 Å². The van der Waals surface area contributed by atoms with E-state index in [-0.39, 0.29) is 48.9 Å². The van der Waals surface area contributed by atoms with Crippen LogP contribution in [0.15, 0.2) is 0 Å². The van der Waals surface area contributed by atoms with Gasteiger partial charge in [-0.25, -0.2) is 0 Å². The number of halogens is 4. The number of rotatable bonds is 11. The summed E-state index contributed by atoms with van der Waals surface area (Å²) in [6.45, 7) is 0.407. The highest BCUT2D eigenvalue weighted by Crippen LogP contribution is 2.40. The first-order valence-corrected chi connectivity index (χ1v) is 7.87. The molecule has 0 radical (unpaired) electrons. The van der Waals surface area contributed by atoms with Crippen LogP contribution in [0.25, 0.3) is 0 Å². The normalized spacial score (nSPS) is 16.8. The highest BCUT2D eigenvalue weighted by Gasteiger charge is 2.17. The largest absolute Gasteiger partial charge is 0.394 e. The molecule has 104 valence electrons. The number of alkyl halides is 4. The molecule has 0 saturated carbocycles. The van der Waals surface area contributed by atoms with Gasteiger partial charge in [0.1, 0.15) is 0 Å². The number of aliphatic hydroxyl groups excluding tert-OH is 1. The van der Waals surface area contributed by atoms with E-state index >= 15 is 0 Å². The van der Waals surface area contributed by atoms with Gasteiger partial charge < -0.3 is 18.7 Å². The third kappa shape index (κ3) is 11.0. The number of aliphatic hydroxyl groups is 1. The zero-order chi connectivity index (χ0) is 13.1. The summed E-state index contributed by atoms with van der Waals surface area (Å²) < 4.78 is 15.7. The molecule has 1 N–H and O–H groups in total. The lowest BCUT2D eigenvalue weighted by Gasteiger charge is -2.18. The van der Waals surface area contributed by atoms with Gasteiger partial charge in [0.2, 0.25) is 0 Å². The monoisotopic (exact) mass is 346 g/mol. The van der Waals surface area contributed by atoms with E-state index in [9.17, 15) is 0 Å². The Hall–Kier alpha value is 1.43. The maximum atomic E-state index is 8.64. The molecule has 0 aromatic heterocycles. The molecule has 0 amide bonds. The summed E-state index contributed by atoms with van der Waals surface area (Å²) in [6.07, 6.45) is 0. The first-order chi connectivity index (χ1) is 8.13. The summed E-state index contributed by atoms with van der Waals surface area (Å²) >= 11 is 22.6. The second-order valence-electron chi connectivity index (χ2n) is 2.88. The fourth-order valence-corrected chi connectivity index (χ4v) is 2.14. The lowest BCUT2D eigenvalue weighted by molar-refractivity contribution is 0.135. The minimum Gasteiger partial charge on any atom is -0.394 e. The molecule has 17 heavy (non-hydrogen) atoms. The van der Waals surface area contributed by atoms with Crippen LogP contribution in [0, 0.1) is 0 Å².